The fourth-order valence-electron chi connectivity index (χ4n) is 2.64. The smallest absolute Gasteiger partial charge is 0.338 e. The Hall–Kier alpha value is -2.30. The first-order valence-corrected chi connectivity index (χ1v) is 8.62. The van der Waals surface area contributed by atoms with Crippen molar-refractivity contribution in [1.82, 2.24) is 4.90 Å². The minimum atomic E-state index is -0.362. The van der Waals surface area contributed by atoms with Gasteiger partial charge >= 0.3 is 5.63 Å². The van der Waals surface area contributed by atoms with Crippen LogP contribution in [0.5, 0.6) is 0 Å². The highest BCUT2D eigenvalue weighted by Gasteiger charge is 2.08. The summed E-state index contributed by atoms with van der Waals surface area (Å²) < 4.78 is 5.18. The van der Waals surface area contributed by atoms with E-state index in [4.69, 9.17) is 4.42 Å². The topological polar surface area (TPSA) is 62.6 Å². The Bertz CT molecular complexity index is 724. The zero-order chi connectivity index (χ0) is 17.4. The molecule has 0 aliphatic heterocycles. The Kier molecular flexibility index (Phi) is 6.85. The van der Waals surface area contributed by atoms with Gasteiger partial charge in [-0.05, 0) is 25.0 Å². The molecule has 5 heteroatoms. The van der Waals surface area contributed by atoms with E-state index in [0.717, 1.165) is 36.8 Å². The summed E-state index contributed by atoms with van der Waals surface area (Å²) >= 11 is 0. The quantitative estimate of drug-likeness (QED) is 0.563. The summed E-state index contributed by atoms with van der Waals surface area (Å²) in [5.74, 6) is 0.203. The second-order valence-electron chi connectivity index (χ2n) is 6.03. The van der Waals surface area contributed by atoms with Crippen LogP contribution in [-0.4, -0.2) is 30.9 Å². The predicted molar refractivity (Wildman–Crippen MR) is 97.4 cm³/mol. The predicted octanol–water partition coefficient (Wildman–Crippen LogP) is 3.63. The van der Waals surface area contributed by atoms with Gasteiger partial charge < -0.3 is 14.6 Å². The van der Waals surface area contributed by atoms with Crippen LogP contribution in [0.25, 0.3) is 11.0 Å². The molecule has 0 bridgehead atoms. The van der Waals surface area contributed by atoms with Gasteiger partial charge in [-0.15, -0.1) is 0 Å². The fourth-order valence-corrected chi connectivity index (χ4v) is 2.64. The number of rotatable bonds is 9. The van der Waals surface area contributed by atoms with Crippen LogP contribution in [0, 0.1) is 0 Å². The van der Waals surface area contributed by atoms with E-state index in [-0.39, 0.29) is 11.5 Å². The van der Waals surface area contributed by atoms with Gasteiger partial charge in [-0.1, -0.05) is 31.9 Å². The molecule has 0 radical (unpaired) electrons. The van der Waals surface area contributed by atoms with Crippen molar-refractivity contribution < 1.29 is 9.21 Å². The fraction of sp³-hybridized carbons (Fsp3) is 0.474. The standard InChI is InChI=1S/C19H26N2O3/c1-3-4-5-11-18(22)21(2)13-8-12-20-16-14-19(23)24-17-10-7-6-9-15(16)17/h6-7,9-10,14,20H,3-5,8,11-13H2,1-2H3. The number of carbonyl (C=O) groups is 1. The Balaban J connectivity index is 1.82. The second kappa shape index (κ2) is 9.11. The van der Waals surface area contributed by atoms with Crippen molar-refractivity contribution >= 4 is 22.6 Å². The molecule has 130 valence electrons. The van der Waals surface area contributed by atoms with Gasteiger partial charge in [0.2, 0.25) is 5.91 Å². The monoisotopic (exact) mass is 330 g/mol. The zero-order valence-corrected chi connectivity index (χ0v) is 14.5. The van der Waals surface area contributed by atoms with Gasteiger partial charge in [0.25, 0.3) is 0 Å². The second-order valence-corrected chi connectivity index (χ2v) is 6.03. The van der Waals surface area contributed by atoms with Crippen LogP contribution in [0.2, 0.25) is 0 Å². The average Bonchev–Trinajstić information content (AvgIpc) is 2.58. The Morgan fingerprint density at radius 1 is 1.21 bits per heavy atom. The third kappa shape index (κ3) is 5.11. The molecule has 0 unspecified atom stereocenters. The van der Waals surface area contributed by atoms with Crippen molar-refractivity contribution in [2.45, 2.75) is 39.0 Å². The molecule has 1 heterocycles. The van der Waals surface area contributed by atoms with Crippen LogP contribution in [0.4, 0.5) is 5.69 Å². The lowest BCUT2D eigenvalue weighted by atomic mass is 10.2. The van der Waals surface area contributed by atoms with Crippen LogP contribution in [0.15, 0.2) is 39.5 Å². The van der Waals surface area contributed by atoms with E-state index in [1.165, 1.54) is 6.07 Å². The van der Waals surface area contributed by atoms with E-state index in [9.17, 15) is 9.59 Å². The summed E-state index contributed by atoms with van der Waals surface area (Å²) in [6, 6.07) is 8.93. The summed E-state index contributed by atoms with van der Waals surface area (Å²) in [7, 11) is 1.85. The van der Waals surface area contributed by atoms with E-state index in [2.05, 4.69) is 12.2 Å². The van der Waals surface area contributed by atoms with Gasteiger partial charge in [0.15, 0.2) is 0 Å². The number of carbonyl (C=O) groups excluding carboxylic acids is 1. The molecule has 2 aromatic rings. The number of nitrogens with zero attached hydrogens (tertiary/aromatic N) is 1. The molecular formula is C19H26N2O3. The maximum atomic E-state index is 12.0. The van der Waals surface area contributed by atoms with Crippen LogP contribution < -0.4 is 10.9 Å². The Labute approximate surface area is 142 Å². The molecule has 1 aromatic heterocycles. The molecule has 0 spiro atoms. The molecule has 0 aliphatic rings. The van der Waals surface area contributed by atoms with Gasteiger partial charge in [-0.25, -0.2) is 4.79 Å². The molecule has 0 atom stereocenters. The molecule has 2 rings (SSSR count). The first-order valence-electron chi connectivity index (χ1n) is 8.62. The summed E-state index contributed by atoms with van der Waals surface area (Å²) in [6.07, 6.45) is 4.64. The molecule has 5 nitrogen and oxygen atoms in total. The summed E-state index contributed by atoms with van der Waals surface area (Å²) in [5, 5.41) is 4.17. The zero-order valence-electron chi connectivity index (χ0n) is 14.5. The highest BCUT2D eigenvalue weighted by Crippen LogP contribution is 2.20. The van der Waals surface area contributed by atoms with Crippen molar-refractivity contribution in [2.24, 2.45) is 0 Å². The summed E-state index contributed by atoms with van der Waals surface area (Å²) in [4.78, 5) is 25.3. The number of unbranched alkanes of at least 4 members (excludes halogenated alkanes) is 2. The van der Waals surface area contributed by atoms with Gasteiger partial charge in [-0.3, -0.25) is 4.79 Å². The molecule has 1 N–H and O–H groups in total. The van der Waals surface area contributed by atoms with Crippen molar-refractivity contribution in [3.05, 3.63) is 40.8 Å². The van der Waals surface area contributed by atoms with Crippen LogP contribution in [0.1, 0.15) is 39.0 Å². The minimum Gasteiger partial charge on any atom is -0.423 e. The van der Waals surface area contributed by atoms with Crippen LogP contribution in [0.3, 0.4) is 0 Å². The number of benzene rings is 1. The van der Waals surface area contributed by atoms with E-state index < -0.39 is 0 Å². The average molecular weight is 330 g/mol. The molecule has 0 saturated carbocycles. The van der Waals surface area contributed by atoms with E-state index >= 15 is 0 Å². The van der Waals surface area contributed by atoms with Crippen LogP contribution in [-0.2, 0) is 4.79 Å². The third-order valence-corrected chi connectivity index (χ3v) is 4.06. The molecule has 0 saturated heterocycles. The SMILES string of the molecule is CCCCCC(=O)N(C)CCCNc1cc(=O)oc2ccccc12. The summed E-state index contributed by atoms with van der Waals surface area (Å²) in [5.41, 5.74) is 0.994. The number of anilines is 1. The number of para-hydroxylation sites is 1. The number of hydrogen-bond donors (Lipinski definition) is 1. The largest absolute Gasteiger partial charge is 0.423 e. The van der Waals surface area contributed by atoms with Gasteiger partial charge in [0, 0.05) is 38.0 Å². The van der Waals surface area contributed by atoms with Gasteiger partial charge in [0.1, 0.15) is 5.58 Å². The third-order valence-electron chi connectivity index (χ3n) is 4.06. The van der Waals surface area contributed by atoms with Crippen molar-refractivity contribution in [3.8, 4) is 0 Å². The highest BCUT2D eigenvalue weighted by molar-refractivity contribution is 5.89. The number of hydrogen-bond acceptors (Lipinski definition) is 4. The lowest BCUT2D eigenvalue weighted by Gasteiger charge is -2.17. The van der Waals surface area contributed by atoms with Crippen molar-refractivity contribution in [2.75, 3.05) is 25.5 Å². The number of amides is 1. The highest BCUT2D eigenvalue weighted by atomic mass is 16.4. The van der Waals surface area contributed by atoms with Gasteiger partial charge in [0.05, 0.1) is 5.69 Å². The molecule has 24 heavy (non-hydrogen) atoms. The maximum absolute atomic E-state index is 12.0. The summed E-state index contributed by atoms with van der Waals surface area (Å²) in [6.45, 7) is 3.53. The Morgan fingerprint density at radius 3 is 2.79 bits per heavy atom. The minimum absolute atomic E-state index is 0.203. The molecule has 0 aliphatic carbocycles. The van der Waals surface area contributed by atoms with E-state index in [1.54, 1.807) is 11.0 Å². The lowest BCUT2D eigenvalue weighted by molar-refractivity contribution is -0.130. The van der Waals surface area contributed by atoms with Crippen molar-refractivity contribution in [1.29, 1.82) is 0 Å². The first-order chi connectivity index (χ1) is 11.6. The van der Waals surface area contributed by atoms with Crippen molar-refractivity contribution in [3.63, 3.8) is 0 Å². The van der Waals surface area contributed by atoms with E-state index in [0.29, 0.717) is 25.1 Å². The molecular weight excluding hydrogens is 304 g/mol. The lowest BCUT2D eigenvalue weighted by Crippen LogP contribution is -2.28. The Morgan fingerprint density at radius 2 is 2.00 bits per heavy atom. The number of nitrogens with one attached hydrogen (secondary N) is 1. The number of fused-ring (bicyclic) bond motifs is 1. The maximum Gasteiger partial charge on any atom is 0.338 e. The van der Waals surface area contributed by atoms with Gasteiger partial charge in [-0.2, -0.15) is 0 Å². The normalized spacial score (nSPS) is 10.8. The van der Waals surface area contributed by atoms with Crippen LogP contribution >= 0.6 is 0 Å². The molecule has 1 amide bonds. The molecule has 0 fully saturated rings. The first kappa shape index (κ1) is 18.0. The molecule has 1 aromatic carbocycles. The van der Waals surface area contributed by atoms with E-state index in [1.807, 2.05) is 25.2 Å².